The summed E-state index contributed by atoms with van der Waals surface area (Å²) in [5.74, 6) is -1.32. The number of amides is 1. The average molecular weight is 240 g/mol. The van der Waals surface area contributed by atoms with Crippen molar-refractivity contribution in [3.8, 4) is 0 Å². The minimum Gasteiger partial charge on any atom is -0.366 e. The van der Waals surface area contributed by atoms with Crippen molar-refractivity contribution in [3.05, 3.63) is 34.3 Å². The minimum absolute atomic E-state index is 0.146. The summed E-state index contributed by atoms with van der Waals surface area (Å²) in [5, 5.41) is 0.205. The molecule has 0 aliphatic heterocycles. The zero-order valence-electron chi connectivity index (χ0n) is 8.62. The van der Waals surface area contributed by atoms with Gasteiger partial charge in [-0.2, -0.15) is 0 Å². The lowest BCUT2D eigenvalue weighted by molar-refractivity contribution is -0.116. The van der Waals surface area contributed by atoms with Gasteiger partial charge < -0.3 is 5.73 Å². The maximum Gasteiger partial charge on any atom is 0.248 e. The number of ketones is 2. The highest BCUT2D eigenvalue weighted by molar-refractivity contribution is 6.34. The molecule has 0 saturated carbocycles. The van der Waals surface area contributed by atoms with Gasteiger partial charge in [0.2, 0.25) is 5.91 Å². The van der Waals surface area contributed by atoms with Crippen molar-refractivity contribution < 1.29 is 14.4 Å². The number of primary amides is 1. The van der Waals surface area contributed by atoms with Gasteiger partial charge in [-0.05, 0) is 25.1 Å². The molecule has 1 aromatic carbocycles. The van der Waals surface area contributed by atoms with Crippen molar-refractivity contribution in [2.45, 2.75) is 13.3 Å². The van der Waals surface area contributed by atoms with E-state index in [1.807, 2.05) is 0 Å². The monoisotopic (exact) mass is 239 g/mol. The third-order valence-corrected chi connectivity index (χ3v) is 2.29. The number of hydrogen-bond acceptors (Lipinski definition) is 3. The summed E-state index contributed by atoms with van der Waals surface area (Å²) < 4.78 is 0. The summed E-state index contributed by atoms with van der Waals surface area (Å²) in [5.41, 5.74) is 5.41. The van der Waals surface area contributed by atoms with E-state index in [4.69, 9.17) is 17.3 Å². The molecule has 0 aromatic heterocycles. The fourth-order valence-corrected chi connectivity index (χ4v) is 1.44. The topological polar surface area (TPSA) is 77.2 Å². The largest absolute Gasteiger partial charge is 0.366 e. The van der Waals surface area contributed by atoms with Crippen LogP contribution in [0.5, 0.6) is 0 Å². The molecule has 0 atom stereocenters. The molecule has 5 heteroatoms. The molecule has 0 spiro atoms. The molecule has 1 amide bonds. The van der Waals surface area contributed by atoms with E-state index in [-0.39, 0.29) is 28.4 Å². The number of benzene rings is 1. The van der Waals surface area contributed by atoms with Gasteiger partial charge in [0.1, 0.15) is 5.78 Å². The first-order valence-electron chi connectivity index (χ1n) is 4.54. The van der Waals surface area contributed by atoms with E-state index in [1.54, 1.807) is 0 Å². The van der Waals surface area contributed by atoms with E-state index < -0.39 is 11.7 Å². The van der Waals surface area contributed by atoms with E-state index in [2.05, 4.69) is 0 Å². The minimum atomic E-state index is -0.645. The number of carbonyl (C=O) groups is 3. The van der Waals surface area contributed by atoms with Crippen molar-refractivity contribution in [3.63, 3.8) is 0 Å². The van der Waals surface area contributed by atoms with Crippen LogP contribution in [0, 0.1) is 0 Å². The second-order valence-electron chi connectivity index (χ2n) is 3.36. The Morgan fingerprint density at radius 2 is 1.94 bits per heavy atom. The molecule has 0 bridgehead atoms. The maximum atomic E-state index is 11.6. The van der Waals surface area contributed by atoms with Crippen molar-refractivity contribution >= 4 is 29.1 Å². The van der Waals surface area contributed by atoms with Gasteiger partial charge in [0.05, 0.1) is 11.4 Å². The van der Waals surface area contributed by atoms with Gasteiger partial charge >= 0.3 is 0 Å². The lowest BCUT2D eigenvalue weighted by Gasteiger charge is -2.03. The van der Waals surface area contributed by atoms with Crippen LogP contribution in [0.2, 0.25) is 5.02 Å². The van der Waals surface area contributed by atoms with Crippen LogP contribution < -0.4 is 5.73 Å². The Morgan fingerprint density at radius 1 is 1.31 bits per heavy atom. The van der Waals surface area contributed by atoms with Crippen LogP contribution >= 0.6 is 11.6 Å². The predicted molar refractivity (Wildman–Crippen MR) is 59.6 cm³/mol. The molecule has 0 aliphatic carbocycles. The Balaban J connectivity index is 3.11. The van der Waals surface area contributed by atoms with Gasteiger partial charge in [-0.1, -0.05) is 11.6 Å². The second kappa shape index (κ2) is 4.90. The molecule has 0 unspecified atom stereocenters. The molecule has 1 rings (SSSR count). The van der Waals surface area contributed by atoms with Crippen LogP contribution in [0.15, 0.2) is 18.2 Å². The number of Topliss-reactive ketones (excluding diaryl/α,β-unsaturated/α-hetero) is 2. The number of rotatable bonds is 4. The summed E-state index contributed by atoms with van der Waals surface area (Å²) in [7, 11) is 0. The van der Waals surface area contributed by atoms with Gasteiger partial charge in [-0.3, -0.25) is 14.4 Å². The van der Waals surface area contributed by atoms with Crippen LogP contribution in [-0.2, 0) is 4.79 Å². The third kappa shape index (κ3) is 2.90. The zero-order chi connectivity index (χ0) is 12.3. The van der Waals surface area contributed by atoms with E-state index >= 15 is 0 Å². The Hall–Kier alpha value is -1.68. The van der Waals surface area contributed by atoms with E-state index in [0.29, 0.717) is 0 Å². The Kier molecular flexibility index (Phi) is 3.79. The van der Waals surface area contributed by atoms with Crippen LogP contribution in [0.3, 0.4) is 0 Å². The lowest BCUT2D eigenvalue weighted by atomic mass is 10.0. The molecule has 0 fully saturated rings. The number of halogens is 1. The molecule has 84 valence electrons. The van der Waals surface area contributed by atoms with Crippen molar-refractivity contribution in [1.29, 1.82) is 0 Å². The Labute approximate surface area is 97.4 Å². The first-order valence-corrected chi connectivity index (χ1v) is 4.91. The summed E-state index contributed by atoms with van der Waals surface area (Å²) in [4.78, 5) is 33.3. The molecular weight excluding hydrogens is 230 g/mol. The summed E-state index contributed by atoms with van der Waals surface area (Å²) in [6, 6.07) is 4.14. The maximum absolute atomic E-state index is 11.6. The smallest absolute Gasteiger partial charge is 0.248 e. The summed E-state index contributed by atoms with van der Waals surface area (Å²) in [6.45, 7) is 1.31. The molecule has 4 nitrogen and oxygen atoms in total. The summed E-state index contributed by atoms with van der Waals surface area (Å²) in [6.07, 6.45) is -0.234. The van der Waals surface area contributed by atoms with Crippen LogP contribution in [0.25, 0.3) is 0 Å². The van der Waals surface area contributed by atoms with Crippen LogP contribution in [0.4, 0.5) is 0 Å². The molecular formula is C11H10ClNO3. The number of nitrogens with two attached hydrogens (primary N) is 1. The van der Waals surface area contributed by atoms with Crippen LogP contribution in [0.1, 0.15) is 34.1 Å². The van der Waals surface area contributed by atoms with Crippen molar-refractivity contribution in [2.24, 2.45) is 5.73 Å². The number of carbonyl (C=O) groups excluding carboxylic acids is 3. The molecule has 0 heterocycles. The molecule has 16 heavy (non-hydrogen) atoms. The fourth-order valence-electron chi connectivity index (χ4n) is 1.21. The first-order chi connectivity index (χ1) is 7.41. The lowest BCUT2D eigenvalue weighted by Crippen LogP contribution is -2.13. The average Bonchev–Trinajstić information content (AvgIpc) is 2.16. The molecule has 0 saturated heterocycles. The SMILES string of the molecule is CC(=O)CC(=O)c1cc(C(N)=O)ccc1Cl. The van der Waals surface area contributed by atoms with E-state index in [9.17, 15) is 14.4 Å². The Morgan fingerprint density at radius 3 is 2.44 bits per heavy atom. The van der Waals surface area contributed by atoms with Gasteiger partial charge in [0.25, 0.3) is 0 Å². The normalized spacial score (nSPS) is 9.88. The zero-order valence-corrected chi connectivity index (χ0v) is 9.38. The molecule has 2 N–H and O–H groups in total. The number of hydrogen-bond donors (Lipinski definition) is 1. The standard InChI is InChI=1S/C11H10ClNO3/c1-6(14)4-10(15)8-5-7(11(13)16)2-3-9(8)12/h2-3,5H,4H2,1H3,(H2,13,16). The third-order valence-electron chi connectivity index (χ3n) is 1.96. The molecule has 1 aromatic rings. The van der Waals surface area contributed by atoms with Crippen LogP contribution in [-0.4, -0.2) is 17.5 Å². The van der Waals surface area contributed by atoms with Gasteiger partial charge in [-0.15, -0.1) is 0 Å². The predicted octanol–water partition coefficient (Wildman–Crippen LogP) is 1.60. The van der Waals surface area contributed by atoms with E-state index in [1.165, 1.54) is 25.1 Å². The Bertz CT molecular complexity index is 468. The highest BCUT2D eigenvalue weighted by Gasteiger charge is 2.14. The quantitative estimate of drug-likeness (QED) is 0.640. The fraction of sp³-hybridized carbons (Fsp3) is 0.182. The summed E-state index contributed by atoms with van der Waals surface area (Å²) >= 11 is 5.79. The van der Waals surface area contributed by atoms with Crippen molar-refractivity contribution in [1.82, 2.24) is 0 Å². The molecule has 0 radical (unpaired) electrons. The van der Waals surface area contributed by atoms with Gasteiger partial charge in [0, 0.05) is 11.1 Å². The van der Waals surface area contributed by atoms with E-state index in [0.717, 1.165) is 0 Å². The second-order valence-corrected chi connectivity index (χ2v) is 3.77. The van der Waals surface area contributed by atoms with Crippen molar-refractivity contribution in [2.75, 3.05) is 0 Å². The first kappa shape index (κ1) is 12.4. The van der Waals surface area contributed by atoms with Gasteiger partial charge in [-0.25, -0.2) is 0 Å². The highest BCUT2D eigenvalue weighted by atomic mass is 35.5. The highest BCUT2D eigenvalue weighted by Crippen LogP contribution is 2.19. The van der Waals surface area contributed by atoms with Gasteiger partial charge in [0.15, 0.2) is 5.78 Å². The molecule has 0 aliphatic rings.